The lowest BCUT2D eigenvalue weighted by Gasteiger charge is -2.12. The highest BCUT2D eigenvalue weighted by Crippen LogP contribution is 2.12. The second-order valence-electron chi connectivity index (χ2n) is 5.70. The first-order chi connectivity index (χ1) is 12.0. The van der Waals surface area contributed by atoms with Crippen molar-refractivity contribution in [3.05, 3.63) is 65.7 Å². The normalized spacial score (nSPS) is 11.0. The van der Waals surface area contributed by atoms with Gasteiger partial charge in [0.15, 0.2) is 0 Å². The molecular formula is C19H21N3O3. The van der Waals surface area contributed by atoms with Crippen LogP contribution >= 0.6 is 0 Å². The lowest BCUT2D eigenvalue weighted by molar-refractivity contribution is -0.136. The van der Waals surface area contributed by atoms with E-state index in [4.69, 9.17) is 5.11 Å². The monoisotopic (exact) mass is 339 g/mol. The van der Waals surface area contributed by atoms with Gasteiger partial charge in [-0.3, -0.25) is 9.59 Å². The predicted molar refractivity (Wildman–Crippen MR) is 98.1 cm³/mol. The van der Waals surface area contributed by atoms with Crippen LogP contribution in [0.5, 0.6) is 0 Å². The molecule has 25 heavy (non-hydrogen) atoms. The Kier molecular flexibility index (Phi) is 6.28. The third-order valence-corrected chi connectivity index (χ3v) is 3.62. The summed E-state index contributed by atoms with van der Waals surface area (Å²) in [7, 11) is 3.85. The first kappa shape index (κ1) is 18.2. The molecule has 0 spiro atoms. The van der Waals surface area contributed by atoms with Crippen molar-refractivity contribution in [2.24, 2.45) is 5.10 Å². The van der Waals surface area contributed by atoms with Crippen molar-refractivity contribution in [2.75, 3.05) is 19.0 Å². The SMILES string of the molecule is CN(C)c1ccc(C(=O)N/N=C(\CCC(=O)O)c2ccccc2)cc1. The molecule has 6 nitrogen and oxygen atoms in total. The maximum absolute atomic E-state index is 12.3. The van der Waals surface area contributed by atoms with Crippen molar-refractivity contribution in [3.8, 4) is 0 Å². The van der Waals surface area contributed by atoms with Gasteiger partial charge in [-0.15, -0.1) is 0 Å². The van der Waals surface area contributed by atoms with Gasteiger partial charge in [0.05, 0.1) is 12.1 Å². The Hall–Kier alpha value is -3.15. The van der Waals surface area contributed by atoms with Crippen molar-refractivity contribution >= 4 is 23.3 Å². The molecule has 2 rings (SSSR count). The molecule has 6 heteroatoms. The number of carboxylic acids is 1. The highest BCUT2D eigenvalue weighted by atomic mass is 16.4. The molecule has 2 N–H and O–H groups in total. The van der Waals surface area contributed by atoms with E-state index in [9.17, 15) is 9.59 Å². The van der Waals surface area contributed by atoms with E-state index >= 15 is 0 Å². The second-order valence-corrected chi connectivity index (χ2v) is 5.70. The van der Waals surface area contributed by atoms with E-state index in [0.717, 1.165) is 11.3 Å². The quantitative estimate of drug-likeness (QED) is 0.600. The molecule has 130 valence electrons. The molecule has 2 aromatic rings. The summed E-state index contributed by atoms with van der Waals surface area (Å²) in [5, 5.41) is 13.0. The van der Waals surface area contributed by atoms with Gasteiger partial charge in [-0.2, -0.15) is 5.10 Å². The molecule has 0 aliphatic heterocycles. The molecule has 0 radical (unpaired) electrons. The Morgan fingerprint density at radius 1 is 0.960 bits per heavy atom. The Morgan fingerprint density at radius 3 is 2.16 bits per heavy atom. The largest absolute Gasteiger partial charge is 0.481 e. The van der Waals surface area contributed by atoms with Gasteiger partial charge in [0.1, 0.15) is 0 Å². The van der Waals surface area contributed by atoms with Crippen LogP contribution in [0, 0.1) is 0 Å². The van der Waals surface area contributed by atoms with Gasteiger partial charge >= 0.3 is 5.97 Å². The fraction of sp³-hybridized carbons (Fsp3) is 0.211. The minimum atomic E-state index is -0.908. The molecule has 0 aromatic heterocycles. The number of benzene rings is 2. The number of hydrazone groups is 1. The average Bonchev–Trinajstić information content (AvgIpc) is 2.62. The number of amides is 1. The highest BCUT2D eigenvalue weighted by Gasteiger charge is 2.09. The summed E-state index contributed by atoms with van der Waals surface area (Å²) in [4.78, 5) is 25.0. The van der Waals surface area contributed by atoms with Gasteiger partial charge in [0.2, 0.25) is 0 Å². The molecule has 0 saturated heterocycles. The Morgan fingerprint density at radius 2 is 1.60 bits per heavy atom. The zero-order chi connectivity index (χ0) is 18.2. The number of nitrogens with zero attached hydrogens (tertiary/aromatic N) is 2. The van der Waals surface area contributed by atoms with Crippen LogP contribution < -0.4 is 10.3 Å². The number of hydrogen-bond donors (Lipinski definition) is 2. The zero-order valence-corrected chi connectivity index (χ0v) is 14.3. The number of hydrogen-bond acceptors (Lipinski definition) is 4. The smallest absolute Gasteiger partial charge is 0.303 e. The summed E-state index contributed by atoms with van der Waals surface area (Å²) in [6.07, 6.45) is 0.181. The number of rotatable bonds is 7. The molecule has 0 atom stereocenters. The molecule has 0 bridgehead atoms. The van der Waals surface area contributed by atoms with Crippen LogP contribution in [-0.2, 0) is 4.79 Å². The van der Waals surface area contributed by atoms with Crippen molar-refractivity contribution in [3.63, 3.8) is 0 Å². The topological polar surface area (TPSA) is 82.0 Å². The van der Waals surface area contributed by atoms with Crippen LogP contribution in [0.4, 0.5) is 5.69 Å². The standard InChI is InChI=1S/C19H21N3O3/c1-22(2)16-10-8-15(9-11-16)19(25)21-20-17(12-13-18(23)24)14-6-4-3-5-7-14/h3-11H,12-13H2,1-2H3,(H,21,25)(H,23,24)/b20-17+. The number of carbonyl (C=O) groups is 2. The number of carboxylic acid groups (broad SMARTS) is 1. The summed E-state index contributed by atoms with van der Waals surface area (Å²) in [6, 6.07) is 16.4. The van der Waals surface area contributed by atoms with Crippen LogP contribution in [0.2, 0.25) is 0 Å². The second kappa shape index (κ2) is 8.63. The van der Waals surface area contributed by atoms with E-state index < -0.39 is 5.97 Å². The summed E-state index contributed by atoms with van der Waals surface area (Å²) in [6.45, 7) is 0. The Balaban J connectivity index is 2.13. The number of aliphatic carboxylic acids is 1. The van der Waals surface area contributed by atoms with Crippen molar-refractivity contribution in [1.29, 1.82) is 0 Å². The molecule has 0 heterocycles. The minimum Gasteiger partial charge on any atom is -0.481 e. The predicted octanol–water partition coefficient (Wildman–Crippen LogP) is 2.75. The van der Waals surface area contributed by atoms with E-state index in [2.05, 4.69) is 10.5 Å². The number of anilines is 1. The van der Waals surface area contributed by atoms with E-state index in [-0.39, 0.29) is 18.7 Å². The molecule has 2 aromatic carbocycles. The van der Waals surface area contributed by atoms with E-state index in [1.807, 2.05) is 61.5 Å². The minimum absolute atomic E-state index is 0.0544. The summed E-state index contributed by atoms with van der Waals surface area (Å²) in [5.41, 5.74) is 5.30. The summed E-state index contributed by atoms with van der Waals surface area (Å²) < 4.78 is 0. The van der Waals surface area contributed by atoms with E-state index in [1.165, 1.54) is 0 Å². The van der Waals surface area contributed by atoms with E-state index in [1.54, 1.807) is 12.1 Å². The maximum Gasteiger partial charge on any atom is 0.303 e. The first-order valence-electron chi connectivity index (χ1n) is 7.89. The molecule has 0 saturated carbocycles. The average molecular weight is 339 g/mol. The van der Waals surface area contributed by atoms with Gasteiger partial charge in [0.25, 0.3) is 5.91 Å². The lowest BCUT2D eigenvalue weighted by atomic mass is 10.1. The van der Waals surface area contributed by atoms with Crippen LogP contribution in [-0.4, -0.2) is 36.8 Å². The van der Waals surface area contributed by atoms with Crippen molar-refractivity contribution < 1.29 is 14.7 Å². The Bertz CT molecular complexity index is 753. The van der Waals surface area contributed by atoms with Crippen LogP contribution in [0.15, 0.2) is 59.7 Å². The maximum atomic E-state index is 12.3. The fourth-order valence-electron chi connectivity index (χ4n) is 2.21. The van der Waals surface area contributed by atoms with Gasteiger partial charge in [-0.25, -0.2) is 5.43 Å². The van der Waals surface area contributed by atoms with Crippen molar-refractivity contribution in [1.82, 2.24) is 5.43 Å². The lowest BCUT2D eigenvalue weighted by Crippen LogP contribution is -2.20. The van der Waals surface area contributed by atoms with Gasteiger partial charge in [0, 0.05) is 31.8 Å². The van der Waals surface area contributed by atoms with Gasteiger partial charge < -0.3 is 10.0 Å². The molecule has 0 unspecified atom stereocenters. The van der Waals surface area contributed by atoms with Crippen LogP contribution in [0.25, 0.3) is 0 Å². The zero-order valence-electron chi connectivity index (χ0n) is 14.3. The van der Waals surface area contributed by atoms with Crippen molar-refractivity contribution in [2.45, 2.75) is 12.8 Å². The third-order valence-electron chi connectivity index (χ3n) is 3.62. The highest BCUT2D eigenvalue weighted by molar-refractivity contribution is 6.03. The van der Waals surface area contributed by atoms with Crippen LogP contribution in [0.3, 0.4) is 0 Å². The number of nitrogens with one attached hydrogen (secondary N) is 1. The summed E-state index contributed by atoms with van der Waals surface area (Å²) in [5.74, 6) is -1.25. The summed E-state index contributed by atoms with van der Waals surface area (Å²) >= 11 is 0. The molecular weight excluding hydrogens is 318 g/mol. The first-order valence-corrected chi connectivity index (χ1v) is 7.89. The number of carbonyl (C=O) groups excluding carboxylic acids is 1. The Labute approximate surface area is 146 Å². The fourth-order valence-corrected chi connectivity index (χ4v) is 2.21. The third kappa shape index (κ3) is 5.46. The molecule has 0 fully saturated rings. The van der Waals surface area contributed by atoms with Gasteiger partial charge in [-0.1, -0.05) is 30.3 Å². The van der Waals surface area contributed by atoms with Crippen LogP contribution in [0.1, 0.15) is 28.8 Å². The molecule has 0 aliphatic carbocycles. The molecule has 1 amide bonds. The molecule has 0 aliphatic rings. The van der Waals surface area contributed by atoms with E-state index in [0.29, 0.717) is 11.3 Å². The van der Waals surface area contributed by atoms with Gasteiger partial charge in [-0.05, 0) is 29.8 Å².